The third-order valence-corrected chi connectivity index (χ3v) is 2.52. The van der Waals surface area contributed by atoms with Crippen molar-refractivity contribution >= 4 is 0 Å². The maximum Gasteiger partial charge on any atom is 0.0568 e. The molecule has 0 bridgehead atoms. The van der Waals surface area contributed by atoms with Crippen molar-refractivity contribution in [3.63, 3.8) is 0 Å². The van der Waals surface area contributed by atoms with Crippen LogP contribution in [0.2, 0.25) is 0 Å². The van der Waals surface area contributed by atoms with Crippen molar-refractivity contribution < 1.29 is 5.11 Å². The van der Waals surface area contributed by atoms with E-state index in [1.807, 2.05) is 35.3 Å². The number of nitrogens with zero attached hydrogens (tertiary/aromatic N) is 2. The van der Waals surface area contributed by atoms with Gasteiger partial charge in [-0.2, -0.15) is 5.10 Å². The zero-order valence-corrected chi connectivity index (χ0v) is 9.37. The van der Waals surface area contributed by atoms with Crippen LogP contribution in [0.4, 0.5) is 0 Å². The van der Waals surface area contributed by atoms with Gasteiger partial charge in [-0.3, -0.25) is 4.68 Å². The highest BCUT2D eigenvalue weighted by molar-refractivity contribution is 5.61. The third-order valence-electron chi connectivity index (χ3n) is 2.52. The number of hydrogen-bond acceptors (Lipinski definition) is 2. The molecule has 3 nitrogen and oxygen atoms in total. The molecule has 1 aromatic heterocycles. The molecule has 1 atom stereocenters. The Bertz CT molecular complexity index is 434. The average Bonchev–Trinajstić information content (AvgIpc) is 2.76. The van der Waals surface area contributed by atoms with Crippen molar-refractivity contribution in [1.82, 2.24) is 9.78 Å². The van der Waals surface area contributed by atoms with Gasteiger partial charge in [0.15, 0.2) is 0 Å². The average molecular weight is 216 g/mol. The van der Waals surface area contributed by atoms with Crippen molar-refractivity contribution in [2.75, 3.05) is 0 Å². The molecule has 0 saturated heterocycles. The van der Waals surface area contributed by atoms with Crippen molar-refractivity contribution in [1.29, 1.82) is 0 Å². The molecule has 0 aliphatic carbocycles. The normalized spacial score (nSPS) is 12.6. The van der Waals surface area contributed by atoms with Gasteiger partial charge in [0.25, 0.3) is 0 Å². The quantitative estimate of drug-likeness (QED) is 0.851. The highest BCUT2D eigenvalue weighted by Gasteiger charge is 2.02. The van der Waals surface area contributed by atoms with Crippen LogP contribution in [-0.2, 0) is 6.54 Å². The predicted octanol–water partition coefficient (Wildman–Crippen LogP) is 2.32. The largest absolute Gasteiger partial charge is 0.393 e. The lowest BCUT2D eigenvalue weighted by Crippen LogP contribution is -2.06. The highest BCUT2D eigenvalue weighted by atomic mass is 16.3. The number of aromatic nitrogens is 2. The fourth-order valence-electron chi connectivity index (χ4n) is 1.58. The van der Waals surface area contributed by atoms with Crippen molar-refractivity contribution in [2.45, 2.75) is 26.0 Å². The van der Waals surface area contributed by atoms with Crippen molar-refractivity contribution in [2.24, 2.45) is 0 Å². The Morgan fingerprint density at radius 1 is 1.25 bits per heavy atom. The highest BCUT2D eigenvalue weighted by Crippen LogP contribution is 2.17. The van der Waals surface area contributed by atoms with Crippen molar-refractivity contribution in [3.05, 3.63) is 42.7 Å². The molecule has 1 unspecified atom stereocenters. The zero-order chi connectivity index (χ0) is 11.4. The van der Waals surface area contributed by atoms with Gasteiger partial charge in [-0.1, -0.05) is 30.3 Å². The second kappa shape index (κ2) is 4.94. The topological polar surface area (TPSA) is 38.0 Å². The number of aliphatic hydroxyl groups excluding tert-OH is 1. The molecule has 3 heteroatoms. The van der Waals surface area contributed by atoms with E-state index >= 15 is 0 Å². The molecule has 1 aromatic carbocycles. The lowest BCUT2D eigenvalue weighted by atomic mass is 10.1. The van der Waals surface area contributed by atoms with Crippen LogP contribution in [0.25, 0.3) is 11.1 Å². The molecule has 0 radical (unpaired) electrons. The molecular weight excluding hydrogens is 200 g/mol. The van der Waals surface area contributed by atoms with Crippen LogP contribution in [0.15, 0.2) is 42.7 Å². The van der Waals surface area contributed by atoms with E-state index in [9.17, 15) is 5.11 Å². The van der Waals surface area contributed by atoms with Crippen molar-refractivity contribution in [3.8, 4) is 11.1 Å². The van der Waals surface area contributed by atoms with Crippen LogP contribution in [0.5, 0.6) is 0 Å². The first-order valence-corrected chi connectivity index (χ1v) is 5.51. The minimum absolute atomic E-state index is 0.274. The predicted molar refractivity (Wildman–Crippen MR) is 64.0 cm³/mol. The maximum absolute atomic E-state index is 9.20. The van der Waals surface area contributed by atoms with Crippen LogP contribution in [-0.4, -0.2) is 21.0 Å². The number of benzene rings is 1. The van der Waals surface area contributed by atoms with Gasteiger partial charge < -0.3 is 5.11 Å². The second-order valence-corrected chi connectivity index (χ2v) is 4.00. The Labute approximate surface area is 95.3 Å². The third kappa shape index (κ3) is 2.70. The van der Waals surface area contributed by atoms with E-state index < -0.39 is 0 Å². The monoisotopic (exact) mass is 216 g/mol. The summed E-state index contributed by atoms with van der Waals surface area (Å²) in [6.07, 6.45) is 4.33. The Hall–Kier alpha value is -1.61. The molecule has 1 heterocycles. The van der Waals surface area contributed by atoms with E-state index in [1.54, 1.807) is 6.92 Å². The summed E-state index contributed by atoms with van der Waals surface area (Å²) in [5.74, 6) is 0. The summed E-state index contributed by atoms with van der Waals surface area (Å²) in [6, 6.07) is 10.2. The van der Waals surface area contributed by atoms with Gasteiger partial charge in [0.2, 0.25) is 0 Å². The SMILES string of the molecule is CC(O)CCn1cc(-c2ccccc2)cn1. The molecule has 2 rings (SSSR count). The first-order chi connectivity index (χ1) is 7.75. The van der Waals surface area contributed by atoms with Crippen LogP contribution in [0.3, 0.4) is 0 Å². The van der Waals surface area contributed by atoms with E-state index in [-0.39, 0.29) is 6.10 Å². The summed E-state index contributed by atoms with van der Waals surface area (Å²) >= 11 is 0. The molecular formula is C13H16N2O. The lowest BCUT2D eigenvalue weighted by Gasteiger charge is -2.03. The fraction of sp³-hybridized carbons (Fsp3) is 0.308. The zero-order valence-electron chi connectivity index (χ0n) is 9.37. The molecule has 2 aromatic rings. The van der Waals surface area contributed by atoms with E-state index in [0.717, 1.165) is 18.5 Å². The van der Waals surface area contributed by atoms with Gasteiger partial charge in [-0.25, -0.2) is 0 Å². The summed E-state index contributed by atoms with van der Waals surface area (Å²) in [7, 11) is 0. The molecule has 16 heavy (non-hydrogen) atoms. The van der Waals surface area contributed by atoms with Gasteiger partial charge in [-0.15, -0.1) is 0 Å². The van der Waals surface area contributed by atoms with Gasteiger partial charge in [0, 0.05) is 18.3 Å². The molecule has 0 fully saturated rings. The summed E-state index contributed by atoms with van der Waals surface area (Å²) in [4.78, 5) is 0. The van der Waals surface area contributed by atoms with Crippen LogP contribution < -0.4 is 0 Å². The smallest absolute Gasteiger partial charge is 0.0568 e. The number of aliphatic hydroxyl groups is 1. The van der Waals surface area contributed by atoms with E-state index in [4.69, 9.17) is 0 Å². The van der Waals surface area contributed by atoms with Gasteiger partial charge in [0.1, 0.15) is 0 Å². The van der Waals surface area contributed by atoms with Gasteiger partial charge >= 0.3 is 0 Å². The molecule has 0 spiro atoms. The summed E-state index contributed by atoms with van der Waals surface area (Å²) in [5, 5.41) is 13.5. The Kier molecular flexibility index (Phi) is 3.37. The van der Waals surface area contributed by atoms with E-state index in [1.165, 1.54) is 5.56 Å². The number of aryl methyl sites for hydroxylation is 1. The number of rotatable bonds is 4. The second-order valence-electron chi connectivity index (χ2n) is 4.00. The Morgan fingerprint density at radius 2 is 2.00 bits per heavy atom. The maximum atomic E-state index is 9.20. The Balaban J connectivity index is 2.08. The summed E-state index contributed by atoms with van der Waals surface area (Å²) in [6.45, 7) is 2.55. The molecule has 1 N–H and O–H groups in total. The van der Waals surface area contributed by atoms with Crippen LogP contribution in [0.1, 0.15) is 13.3 Å². The van der Waals surface area contributed by atoms with Gasteiger partial charge in [0.05, 0.1) is 12.3 Å². The van der Waals surface area contributed by atoms with E-state index in [0.29, 0.717) is 0 Å². The van der Waals surface area contributed by atoms with E-state index in [2.05, 4.69) is 17.2 Å². The molecule has 0 amide bonds. The summed E-state index contributed by atoms with van der Waals surface area (Å²) < 4.78 is 1.87. The fourth-order valence-corrected chi connectivity index (χ4v) is 1.58. The molecule has 0 saturated carbocycles. The Morgan fingerprint density at radius 3 is 2.69 bits per heavy atom. The standard InChI is InChI=1S/C13H16N2O/c1-11(16)7-8-15-10-13(9-14-15)12-5-3-2-4-6-12/h2-6,9-11,16H,7-8H2,1H3. The minimum Gasteiger partial charge on any atom is -0.393 e. The van der Waals surface area contributed by atoms with Crippen LogP contribution >= 0.6 is 0 Å². The first kappa shape index (κ1) is 10.9. The van der Waals surface area contributed by atoms with Gasteiger partial charge in [-0.05, 0) is 18.9 Å². The molecule has 0 aliphatic rings. The molecule has 84 valence electrons. The summed E-state index contributed by atoms with van der Waals surface area (Å²) in [5.41, 5.74) is 2.29. The molecule has 0 aliphatic heterocycles. The lowest BCUT2D eigenvalue weighted by molar-refractivity contribution is 0.176. The first-order valence-electron chi connectivity index (χ1n) is 5.51. The number of hydrogen-bond donors (Lipinski definition) is 1. The minimum atomic E-state index is -0.274. The van der Waals surface area contributed by atoms with Crippen LogP contribution in [0, 0.1) is 0 Å².